The van der Waals surface area contributed by atoms with E-state index in [1.165, 1.54) is 0 Å². The van der Waals surface area contributed by atoms with E-state index in [1.807, 2.05) is 24.3 Å². The summed E-state index contributed by atoms with van der Waals surface area (Å²) in [6, 6.07) is 7.84. The molecule has 1 atom stereocenters. The third-order valence-electron chi connectivity index (χ3n) is 1.88. The fourth-order valence-electron chi connectivity index (χ4n) is 1.09. The van der Waals surface area contributed by atoms with Crippen molar-refractivity contribution in [3.63, 3.8) is 0 Å². The number of benzene rings is 1. The quantitative estimate of drug-likeness (QED) is 0.755. The Hall–Kier alpha value is -0.440. The number of para-hydroxylation sites is 1. The number of rotatable bonds is 2. The highest BCUT2D eigenvalue weighted by atomic mass is 35.5. The number of nitrogen functional groups attached to an aromatic ring is 1. The van der Waals surface area contributed by atoms with E-state index in [1.54, 1.807) is 0 Å². The maximum Gasteiger partial charge on any atom is 0.0349 e. The van der Waals surface area contributed by atoms with Crippen molar-refractivity contribution in [1.82, 2.24) is 0 Å². The summed E-state index contributed by atoms with van der Waals surface area (Å²) < 4.78 is 0. The van der Waals surface area contributed by atoms with E-state index in [2.05, 4.69) is 6.92 Å². The smallest absolute Gasteiger partial charge is 0.0349 e. The van der Waals surface area contributed by atoms with Gasteiger partial charge >= 0.3 is 0 Å². The monoisotopic (exact) mass is 222 g/mol. The summed E-state index contributed by atoms with van der Waals surface area (Å²) in [5, 5.41) is 0. The average Bonchev–Trinajstić information content (AvgIpc) is 2.04. The highest BCUT2D eigenvalue weighted by molar-refractivity contribution is 5.85. The Balaban J connectivity index is 0. The molecule has 0 aliphatic heterocycles. The maximum absolute atomic E-state index is 5.74. The van der Waals surface area contributed by atoms with Crippen molar-refractivity contribution in [2.75, 3.05) is 12.3 Å². The number of nitrogens with two attached hydrogens (primary N) is 2. The van der Waals surface area contributed by atoms with Gasteiger partial charge in [-0.1, -0.05) is 25.1 Å². The van der Waals surface area contributed by atoms with Crippen LogP contribution in [0.5, 0.6) is 0 Å². The van der Waals surface area contributed by atoms with Crippen LogP contribution >= 0.6 is 24.8 Å². The summed E-state index contributed by atoms with van der Waals surface area (Å²) in [4.78, 5) is 0. The molecule has 1 rings (SSSR count). The standard InChI is InChI=1S/C9H14N2.2ClH/c1-7(6-10)8-4-2-3-5-9(8)11;;/h2-5,7H,6,10-11H2,1H3;2*1H. The van der Waals surface area contributed by atoms with Gasteiger partial charge in [0.1, 0.15) is 0 Å². The molecule has 0 saturated heterocycles. The Morgan fingerprint density at radius 1 is 1.23 bits per heavy atom. The molecular formula is C9H16Cl2N2. The van der Waals surface area contributed by atoms with Gasteiger partial charge in [0, 0.05) is 5.69 Å². The SMILES string of the molecule is CC(CN)c1ccccc1N.Cl.Cl. The molecular weight excluding hydrogens is 207 g/mol. The minimum atomic E-state index is 0. The van der Waals surface area contributed by atoms with Gasteiger partial charge in [0.25, 0.3) is 0 Å². The number of hydrogen-bond donors (Lipinski definition) is 2. The molecule has 0 bridgehead atoms. The fourth-order valence-corrected chi connectivity index (χ4v) is 1.09. The lowest BCUT2D eigenvalue weighted by Crippen LogP contribution is -2.10. The van der Waals surface area contributed by atoms with Gasteiger partial charge in [-0.25, -0.2) is 0 Å². The Labute approximate surface area is 91.5 Å². The number of halogens is 2. The molecule has 1 aromatic rings. The molecule has 13 heavy (non-hydrogen) atoms. The van der Waals surface area contributed by atoms with E-state index in [9.17, 15) is 0 Å². The van der Waals surface area contributed by atoms with Gasteiger partial charge in [0.15, 0.2) is 0 Å². The first-order valence-electron chi connectivity index (χ1n) is 3.80. The van der Waals surface area contributed by atoms with Crippen molar-refractivity contribution >= 4 is 30.5 Å². The van der Waals surface area contributed by atoms with Crippen molar-refractivity contribution in [3.05, 3.63) is 29.8 Å². The van der Waals surface area contributed by atoms with Gasteiger partial charge in [-0.2, -0.15) is 0 Å². The highest BCUT2D eigenvalue weighted by Crippen LogP contribution is 2.19. The summed E-state index contributed by atoms with van der Waals surface area (Å²) in [5.74, 6) is 0.358. The predicted octanol–water partition coefficient (Wildman–Crippen LogP) is 2.17. The average molecular weight is 223 g/mol. The predicted molar refractivity (Wildman–Crippen MR) is 62.8 cm³/mol. The summed E-state index contributed by atoms with van der Waals surface area (Å²) in [6.45, 7) is 2.72. The van der Waals surface area contributed by atoms with Gasteiger partial charge in [-0.05, 0) is 24.1 Å². The van der Waals surface area contributed by atoms with Crippen LogP contribution in [0, 0.1) is 0 Å². The summed E-state index contributed by atoms with van der Waals surface area (Å²) in [7, 11) is 0. The van der Waals surface area contributed by atoms with Gasteiger partial charge in [0.05, 0.1) is 0 Å². The molecule has 0 radical (unpaired) electrons. The third kappa shape index (κ3) is 3.85. The lowest BCUT2D eigenvalue weighted by Gasteiger charge is -2.10. The second-order valence-electron chi connectivity index (χ2n) is 2.77. The number of hydrogen-bond acceptors (Lipinski definition) is 2. The Morgan fingerprint density at radius 2 is 1.77 bits per heavy atom. The van der Waals surface area contributed by atoms with Crippen LogP contribution in [0.4, 0.5) is 5.69 Å². The molecule has 0 heterocycles. The molecule has 0 aliphatic rings. The first kappa shape index (κ1) is 15.1. The third-order valence-corrected chi connectivity index (χ3v) is 1.88. The topological polar surface area (TPSA) is 52.0 Å². The Bertz CT molecular complexity index is 241. The zero-order chi connectivity index (χ0) is 8.27. The Morgan fingerprint density at radius 3 is 2.23 bits per heavy atom. The van der Waals surface area contributed by atoms with E-state index < -0.39 is 0 Å². The maximum atomic E-state index is 5.74. The zero-order valence-electron chi connectivity index (χ0n) is 7.57. The molecule has 4 heteroatoms. The first-order chi connectivity index (χ1) is 5.25. The molecule has 0 saturated carbocycles. The van der Waals surface area contributed by atoms with Crippen LogP contribution in [0.25, 0.3) is 0 Å². The fraction of sp³-hybridized carbons (Fsp3) is 0.333. The van der Waals surface area contributed by atoms with E-state index in [0.29, 0.717) is 12.5 Å². The molecule has 0 fully saturated rings. The second kappa shape index (κ2) is 7.01. The van der Waals surface area contributed by atoms with Crippen LogP contribution < -0.4 is 11.5 Å². The van der Waals surface area contributed by atoms with Crippen molar-refractivity contribution in [3.8, 4) is 0 Å². The Kier molecular flexibility index (Phi) is 8.12. The van der Waals surface area contributed by atoms with Crippen LogP contribution in [0.15, 0.2) is 24.3 Å². The zero-order valence-corrected chi connectivity index (χ0v) is 9.20. The summed E-state index contributed by atoms with van der Waals surface area (Å²) in [5.41, 5.74) is 13.2. The van der Waals surface area contributed by atoms with Gasteiger partial charge < -0.3 is 11.5 Å². The van der Waals surface area contributed by atoms with E-state index >= 15 is 0 Å². The first-order valence-corrected chi connectivity index (χ1v) is 3.80. The second-order valence-corrected chi connectivity index (χ2v) is 2.77. The van der Waals surface area contributed by atoms with Crippen molar-refractivity contribution < 1.29 is 0 Å². The van der Waals surface area contributed by atoms with Crippen LogP contribution in [-0.4, -0.2) is 6.54 Å². The molecule has 4 N–H and O–H groups in total. The van der Waals surface area contributed by atoms with Gasteiger partial charge in [-0.15, -0.1) is 24.8 Å². The largest absolute Gasteiger partial charge is 0.398 e. The van der Waals surface area contributed by atoms with Crippen LogP contribution in [0.2, 0.25) is 0 Å². The van der Waals surface area contributed by atoms with E-state index in [4.69, 9.17) is 11.5 Å². The van der Waals surface area contributed by atoms with E-state index in [-0.39, 0.29) is 24.8 Å². The van der Waals surface area contributed by atoms with Crippen LogP contribution in [0.3, 0.4) is 0 Å². The molecule has 2 nitrogen and oxygen atoms in total. The minimum absolute atomic E-state index is 0. The molecule has 1 aromatic carbocycles. The lowest BCUT2D eigenvalue weighted by molar-refractivity contribution is 0.776. The van der Waals surface area contributed by atoms with Crippen molar-refractivity contribution in [2.45, 2.75) is 12.8 Å². The summed E-state index contributed by atoms with van der Waals surface area (Å²) in [6.07, 6.45) is 0. The van der Waals surface area contributed by atoms with E-state index in [0.717, 1.165) is 11.3 Å². The highest BCUT2D eigenvalue weighted by Gasteiger charge is 2.04. The van der Waals surface area contributed by atoms with Gasteiger partial charge in [0.2, 0.25) is 0 Å². The lowest BCUT2D eigenvalue weighted by atomic mass is 10.00. The molecule has 0 aromatic heterocycles. The number of anilines is 1. The molecule has 1 unspecified atom stereocenters. The van der Waals surface area contributed by atoms with Crippen molar-refractivity contribution in [2.24, 2.45) is 5.73 Å². The summed E-state index contributed by atoms with van der Waals surface area (Å²) >= 11 is 0. The van der Waals surface area contributed by atoms with Gasteiger partial charge in [-0.3, -0.25) is 0 Å². The van der Waals surface area contributed by atoms with Crippen LogP contribution in [0.1, 0.15) is 18.4 Å². The molecule has 0 amide bonds. The van der Waals surface area contributed by atoms with Crippen molar-refractivity contribution in [1.29, 1.82) is 0 Å². The molecule has 0 aliphatic carbocycles. The molecule has 76 valence electrons. The molecule has 0 spiro atoms. The normalized spacial score (nSPS) is 10.9. The van der Waals surface area contributed by atoms with Crippen LogP contribution in [-0.2, 0) is 0 Å². The minimum Gasteiger partial charge on any atom is -0.398 e.